The van der Waals surface area contributed by atoms with Gasteiger partial charge in [-0.25, -0.2) is 9.78 Å². The number of ether oxygens (including phenoxy) is 2. The minimum Gasteiger partial charge on any atom is -0.497 e. The number of nitrogens with two attached hydrogens (primary N) is 1. The highest BCUT2D eigenvalue weighted by Crippen LogP contribution is 2.16. The lowest BCUT2D eigenvalue weighted by Crippen LogP contribution is -2.10. The molecule has 112 valence electrons. The number of hydrogen-bond donors (Lipinski definition) is 1. The Bertz CT molecular complexity index is 622. The van der Waals surface area contributed by atoms with Gasteiger partial charge in [-0.05, 0) is 31.0 Å². The number of esters is 1. The molecule has 21 heavy (non-hydrogen) atoms. The molecule has 1 aromatic carbocycles. The Morgan fingerprint density at radius 2 is 2.24 bits per heavy atom. The molecule has 0 aliphatic rings. The van der Waals surface area contributed by atoms with Crippen molar-refractivity contribution >= 4 is 11.8 Å². The van der Waals surface area contributed by atoms with Crippen molar-refractivity contribution < 1.29 is 14.3 Å². The van der Waals surface area contributed by atoms with Gasteiger partial charge in [0.1, 0.15) is 11.6 Å². The predicted molar refractivity (Wildman–Crippen MR) is 79.3 cm³/mol. The van der Waals surface area contributed by atoms with Crippen molar-refractivity contribution in [2.75, 3.05) is 19.5 Å². The molecule has 6 heteroatoms. The number of aromatic nitrogens is 2. The number of rotatable bonds is 6. The fourth-order valence-corrected chi connectivity index (χ4v) is 2.00. The summed E-state index contributed by atoms with van der Waals surface area (Å²) >= 11 is 0. The summed E-state index contributed by atoms with van der Waals surface area (Å²) in [5.41, 5.74) is 7.22. The van der Waals surface area contributed by atoms with E-state index in [1.165, 1.54) is 0 Å². The lowest BCUT2D eigenvalue weighted by atomic mass is 10.1. The van der Waals surface area contributed by atoms with Crippen molar-refractivity contribution in [3.63, 3.8) is 0 Å². The van der Waals surface area contributed by atoms with Crippen molar-refractivity contribution in [1.29, 1.82) is 0 Å². The molecular weight excluding hydrogens is 270 g/mol. The minimum absolute atomic E-state index is 0.169. The van der Waals surface area contributed by atoms with Crippen LogP contribution in [0.3, 0.4) is 0 Å². The number of nitrogen functional groups attached to an aromatic ring is 1. The van der Waals surface area contributed by atoms with Crippen LogP contribution in [0.1, 0.15) is 23.0 Å². The standard InChI is InChI=1S/C15H19N3O3/c1-3-21-15(19)13-14(16)18(10-17-13)8-7-11-5-4-6-12(9-11)20-2/h4-6,9-10H,3,7-8,16H2,1-2H3. The fourth-order valence-electron chi connectivity index (χ4n) is 2.00. The maximum atomic E-state index is 11.6. The van der Waals surface area contributed by atoms with Crippen LogP contribution in [0.4, 0.5) is 5.82 Å². The lowest BCUT2D eigenvalue weighted by molar-refractivity contribution is 0.0521. The molecule has 0 saturated heterocycles. The third-order valence-electron chi connectivity index (χ3n) is 3.12. The summed E-state index contributed by atoms with van der Waals surface area (Å²) in [5.74, 6) is 0.657. The van der Waals surface area contributed by atoms with E-state index in [1.54, 1.807) is 24.9 Å². The molecule has 2 aromatic rings. The van der Waals surface area contributed by atoms with Crippen LogP contribution >= 0.6 is 0 Å². The molecule has 0 aliphatic carbocycles. The lowest BCUT2D eigenvalue weighted by Gasteiger charge is -2.07. The summed E-state index contributed by atoms with van der Waals surface area (Å²) in [6, 6.07) is 7.82. The van der Waals surface area contributed by atoms with Crippen LogP contribution in [0, 0.1) is 0 Å². The molecule has 1 aromatic heterocycles. The van der Waals surface area contributed by atoms with Crippen LogP contribution in [0.15, 0.2) is 30.6 Å². The summed E-state index contributed by atoms with van der Waals surface area (Å²) in [6.07, 6.45) is 2.32. The Balaban J connectivity index is 2.05. The van der Waals surface area contributed by atoms with Gasteiger partial charge in [0, 0.05) is 6.54 Å². The number of anilines is 1. The quantitative estimate of drug-likeness (QED) is 0.821. The number of carbonyl (C=O) groups excluding carboxylic acids is 1. The Hall–Kier alpha value is -2.50. The van der Waals surface area contributed by atoms with Crippen molar-refractivity contribution in [2.45, 2.75) is 19.9 Å². The van der Waals surface area contributed by atoms with E-state index < -0.39 is 5.97 Å². The van der Waals surface area contributed by atoms with E-state index in [2.05, 4.69) is 4.98 Å². The van der Waals surface area contributed by atoms with E-state index in [9.17, 15) is 4.79 Å². The molecule has 6 nitrogen and oxygen atoms in total. The third-order valence-corrected chi connectivity index (χ3v) is 3.12. The number of aryl methyl sites for hydroxylation is 2. The zero-order valence-corrected chi connectivity index (χ0v) is 12.2. The average molecular weight is 289 g/mol. The molecule has 0 bridgehead atoms. The van der Waals surface area contributed by atoms with Gasteiger partial charge in [-0.15, -0.1) is 0 Å². The maximum Gasteiger partial charge on any atom is 0.360 e. The summed E-state index contributed by atoms with van der Waals surface area (Å²) in [6.45, 7) is 2.67. The molecule has 0 amide bonds. The van der Waals surface area contributed by atoms with Crippen LogP contribution in [0.5, 0.6) is 5.75 Å². The highest BCUT2D eigenvalue weighted by atomic mass is 16.5. The van der Waals surface area contributed by atoms with Gasteiger partial charge >= 0.3 is 5.97 Å². The van der Waals surface area contributed by atoms with E-state index in [0.717, 1.165) is 17.7 Å². The van der Waals surface area contributed by atoms with Gasteiger partial charge in [-0.1, -0.05) is 12.1 Å². The molecule has 0 spiro atoms. The van der Waals surface area contributed by atoms with E-state index in [-0.39, 0.29) is 5.69 Å². The Kier molecular flexibility index (Phi) is 4.81. The van der Waals surface area contributed by atoms with Crippen LogP contribution in [0.2, 0.25) is 0 Å². The summed E-state index contributed by atoms with van der Waals surface area (Å²) in [4.78, 5) is 15.7. The number of imidazole rings is 1. The minimum atomic E-state index is -0.491. The summed E-state index contributed by atoms with van der Waals surface area (Å²) < 4.78 is 11.8. The van der Waals surface area contributed by atoms with Gasteiger partial charge in [0.05, 0.1) is 20.0 Å². The number of hydrogen-bond acceptors (Lipinski definition) is 5. The largest absolute Gasteiger partial charge is 0.497 e. The monoisotopic (exact) mass is 289 g/mol. The Morgan fingerprint density at radius 1 is 1.43 bits per heavy atom. The van der Waals surface area contributed by atoms with Crippen molar-refractivity contribution in [3.8, 4) is 5.75 Å². The van der Waals surface area contributed by atoms with Crippen molar-refractivity contribution in [2.24, 2.45) is 0 Å². The van der Waals surface area contributed by atoms with Gasteiger partial charge < -0.3 is 19.8 Å². The van der Waals surface area contributed by atoms with Crippen molar-refractivity contribution in [1.82, 2.24) is 9.55 Å². The molecule has 0 aliphatic heterocycles. The molecule has 0 radical (unpaired) electrons. The van der Waals surface area contributed by atoms with Crippen LogP contribution < -0.4 is 10.5 Å². The molecule has 0 unspecified atom stereocenters. The zero-order chi connectivity index (χ0) is 15.2. The normalized spacial score (nSPS) is 10.4. The van der Waals surface area contributed by atoms with E-state index in [0.29, 0.717) is 19.0 Å². The number of nitrogens with zero attached hydrogens (tertiary/aromatic N) is 2. The number of benzene rings is 1. The highest BCUT2D eigenvalue weighted by Gasteiger charge is 2.16. The summed E-state index contributed by atoms with van der Waals surface area (Å²) in [5, 5.41) is 0. The van der Waals surface area contributed by atoms with Gasteiger partial charge in [0.25, 0.3) is 0 Å². The first-order chi connectivity index (χ1) is 10.2. The van der Waals surface area contributed by atoms with E-state index in [1.807, 2.05) is 24.3 Å². The van der Waals surface area contributed by atoms with Gasteiger partial charge in [0.2, 0.25) is 0 Å². The molecule has 0 fully saturated rings. The van der Waals surface area contributed by atoms with Gasteiger partial charge in [0.15, 0.2) is 5.69 Å². The SMILES string of the molecule is CCOC(=O)c1ncn(CCc2cccc(OC)c2)c1N. The number of carbonyl (C=O) groups is 1. The molecule has 2 N–H and O–H groups in total. The second-order valence-corrected chi connectivity index (χ2v) is 4.49. The Morgan fingerprint density at radius 3 is 2.95 bits per heavy atom. The predicted octanol–water partition coefficient (Wildman–Crippen LogP) is 1.89. The maximum absolute atomic E-state index is 11.6. The first kappa shape index (κ1) is 14.9. The highest BCUT2D eigenvalue weighted by molar-refractivity contribution is 5.92. The number of methoxy groups -OCH3 is 1. The molecular formula is C15H19N3O3. The Labute approximate surface area is 123 Å². The molecule has 1 heterocycles. The first-order valence-corrected chi connectivity index (χ1v) is 6.76. The molecule has 2 rings (SSSR count). The van der Waals surface area contributed by atoms with Crippen LogP contribution in [-0.4, -0.2) is 29.2 Å². The topological polar surface area (TPSA) is 79.4 Å². The van der Waals surface area contributed by atoms with Gasteiger partial charge in [-0.2, -0.15) is 0 Å². The molecule has 0 atom stereocenters. The fraction of sp³-hybridized carbons (Fsp3) is 0.333. The second-order valence-electron chi connectivity index (χ2n) is 4.49. The zero-order valence-electron chi connectivity index (χ0n) is 12.2. The van der Waals surface area contributed by atoms with E-state index in [4.69, 9.17) is 15.2 Å². The van der Waals surface area contributed by atoms with Gasteiger partial charge in [-0.3, -0.25) is 0 Å². The van der Waals surface area contributed by atoms with Crippen LogP contribution in [0.25, 0.3) is 0 Å². The smallest absolute Gasteiger partial charge is 0.360 e. The molecule has 0 saturated carbocycles. The van der Waals surface area contributed by atoms with Crippen molar-refractivity contribution in [3.05, 3.63) is 41.9 Å². The second kappa shape index (κ2) is 6.78. The van der Waals surface area contributed by atoms with Crippen LogP contribution in [-0.2, 0) is 17.7 Å². The average Bonchev–Trinajstić information content (AvgIpc) is 2.87. The first-order valence-electron chi connectivity index (χ1n) is 6.76. The summed E-state index contributed by atoms with van der Waals surface area (Å²) in [7, 11) is 1.64. The third kappa shape index (κ3) is 3.53. The van der Waals surface area contributed by atoms with E-state index >= 15 is 0 Å².